The first-order valence-electron chi connectivity index (χ1n) is 7.50. The quantitative estimate of drug-likeness (QED) is 0.868. The van der Waals surface area contributed by atoms with Crippen LogP contribution in [0.1, 0.15) is 31.9 Å². The summed E-state index contributed by atoms with van der Waals surface area (Å²) in [5.74, 6) is 2.20. The summed E-state index contributed by atoms with van der Waals surface area (Å²) in [5.41, 5.74) is 6.74. The second kappa shape index (κ2) is 6.48. The van der Waals surface area contributed by atoms with Gasteiger partial charge in [-0.2, -0.15) is 4.98 Å². The standard InChI is InChI=1S/C13H21N7S/c1-2-3-10-11(21-19-16-10)12-15-13(18-17-12)20-6-4-9(8-14)5-7-20/h9H,2-8,14H2,1H3,(H,15,17,18). The highest BCUT2D eigenvalue weighted by Gasteiger charge is 2.22. The SMILES string of the molecule is CCCc1nnsc1-c1nc(N2CCC(CN)CC2)n[nH]1. The number of nitrogens with zero attached hydrogens (tertiary/aromatic N) is 5. The third-order valence-corrected chi connectivity index (χ3v) is 4.74. The van der Waals surface area contributed by atoms with E-state index in [2.05, 4.69) is 36.6 Å². The van der Waals surface area contributed by atoms with Gasteiger partial charge < -0.3 is 10.6 Å². The van der Waals surface area contributed by atoms with Crippen molar-refractivity contribution in [3.8, 4) is 10.7 Å². The molecule has 0 aromatic carbocycles. The van der Waals surface area contributed by atoms with Crippen molar-refractivity contribution >= 4 is 17.5 Å². The number of H-pyrrole nitrogens is 1. The van der Waals surface area contributed by atoms with Crippen LogP contribution in [-0.4, -0.2) is 44.4 Å². The Labute approximate surface area is 128 Å². The number of anilines is 1. The van der Waals surface area contributed by atoms with Crippen molar-refractivity contribution in [1.82, 2.24) is 24.8 Å². The van der Waals surface area contributed by atoms with Gasteiger partial charge in [0.2, 0.25) is 5.95 Å². The van der Waals surface area contributed by atoms with E-state index in [0.717, 1.165) is 67.7 Å². The summed E-state index contributed by atoms with van der Waals surface area (Å²) in [4.78, 5) is 7.86. The van der Waals surface area contributed by atoms with Crippen LogP contribution in [0.3, 0.4) is 0 Å². The first-order valence-corrected chi connectivity index (χ1v) is 8.28. The summed E-state index contributed by atoms with van der Waals surface area (Å²) in [6.45, 7) is 4.86. The molecule has 0 amide bonds. The number of nitrogens with one attached hydrogen (secondary N) is 1. The lowest BCUT2D eigenvalue weighted by Gasteiger charge is -2.30. The Bertz CT molecular complexity index is 571. The predicted octanol–water partition coefficient (Wildman–Crippen LogP) is 1.45. The van der Waals surface area contributed by atoms with Gasteiger partial charge in [0.1, 0.15) is 4.88 Å². The minimum absolute atomic E-state index is 0.640. The number of hydrogen-bond donors (Lipinski definition) is 2. The fourth-order valence-electron chi connectivity index (χ4n) is 2.65. The minimum Gasteiger partial charge on any atom is -0.340 e. The molecule has 0 bridgehead atoms. The Morgan fingerprint density at radius 2 is 2.19 bits per heavy atom. The average molecular weight is 307 g/mol. The van der Waals surface area contributed by atoms with Crippen molar-refractivity contribution in [2.24, 2.45) is 11.7 Å². The lowest BCUT2D eigenvalue weighted by Crippen LogP contribution is -2.36. The number of nitrogens with two attached hydrogens (primary N) is 1. The Hall–Kier alpha value is -1.54. The van der Waals surface area contributed by atoms with E-state index in [4.69, 9.17) is 5.73 Å². The number of aryl methyl sites for hydroxylation is 1. The molecule has 0 aliphatic carbocycles. The van der Waals surface area contributed by atoms with Crippen LogP contribution in [0.15, 0.2) is 0 Å². The molecule has 0 saturated carbocycles. The maximum atomic E-state index is 5.73. The summed E-state index contributed by atoms with van der Waals surface area (Å²) < 4.78 is 4.04. The molecule has 0 unspecified atom stereocenters. The van der Waals surface area contributed by atoms with Gasteiger partial charge in [0.25, 0.3) is 0 Å². The summed E-state index contributed by atoms with van der Waals surface area (Å²) in [5, 5.41) is 11.6. The summed E-state index contributed by atoms with van der Waals surface area (Å²) in [6.07, 6.45) is 4.20. The fraction of sp³-hybridized carbons (Fsp3) is 0.692. The summed E-state index contributed by atoms with van der Waals surface area (Å²) in [7, 11) is 0. The van der Waals surface area contributed by atoms with Gasteiger partial charge in [-0.3, -0.25) is 5.10 Å². The van der Waals surface area contributed by atoms with E-state index >= 15 is 0 Å². The van der Waals surface area contributed by atoms with Gasteiger partial charge in [0.05, 0.1) is 5.69 Å². The van der Waals surface area contributed by atoms with E-state index in [1.807, 2.05) is 0 Å². The Morgan fingerprint density at radius 3 is 2.90 bits per heavy atom. The van der Waals surface area contributed by atoms with Crippen LogP contribution in [0.25, 0.3) is 10.7 Å². The van der Waals surface area contributed by atoms with Crippen molar-refractivity contribution in [2.75, 3.05) is 24.5 Å². The van der Waals surface area contributed by atoms with Gasteiger partial charge in [-0.1, -0.05) is 17.8 Å². The third kappa shape index (κ3) is 3.06. The average Bonchev–Trinajstić information content (AvgIpc) is 3.16. The third-order valence-electron chi connectivity index (χ3n) is 3.96. The lowest BCUT2D eigenvalue weighted by atomic mass is 9.97. The van der Waals surface area contributed by atoms with Crippen LogP contribution < -0.4 is 10.6 Å². The van der Waals surface area contributed by atoms with Crippen LogP contribution >= 0.6 is 11.5 Å². The zero-order valence-electron chi connectivity index (χ0n) is 12.2. The number of aromatic amines is 1. The maximum absolute atomic E-state index is 5.73. The first-order chi connectivity index (χ1) is 10.3. The molecular weight excluding hydrogens is 286 g/mol. The molecule has 0 spiro atoms. The smallest absolute Gasteiger partial charge is 0.245 e. The molecule has 2 aromatic heterocycles. The van der Waals surface area contributed by atoms with Gasteiger partial charge in [-0.15, -0.1) is 10.2 Å². The highest BCUT2D eigenvalue weighted by molar-refractivity contribution is 7.09. The van der Waals surface area contributed by atoms with Crippen LogP contribution in [0.5, 0.6) is 0 Å². The largest absolute Gasteiger partial charge is 0.340 e. The highest BCUT2D eigenvalue weighted by atomic mass is 32.1. The van der Waals surface area contributed by atoms with Crippen LogP contribution in [0.4, 0.5) is 5.95 Å². The molecule has 7 nitrogen and oxygen atoms in total. The highest BCUT2D eigenvalue weighted by Crippen LogP contribution is 2.26. The van der Waals surface area contributed by atoms with E-state index < -0.39 is 0 Å². The Balaban J connectivity index is 1.73. The first kappa shape index (κ1) is 14.4. The lowest BCUT2D eigenvalue weighted by molar-refractivity contribution is 0.411. The van der Waals surface area contributed by atoms with E-state index in [-0.39, 0.29) is 0 Å². The molecule has 0 atom stereocenters. The molecule has 1 fully saturated rings. The Morgan fingerprint density at radius 1 is 1.38 bits per heavy atom. The Kier molecular flexibility index (Phi) is 4.45. The predicted molar refractivity (Wildman–Crippen MR) is 83.3 cm³/mol. The molecule has 3 rings (SSSR count). The number of aromatic nitrogens is 5. The molecule has 2 aromatic rings. The van der Waals surface area contributed by atoms with Gasteiger partial charge in [-0.25, -0.2) is 0 Å². The van der Waals surface area contributed by atoms with E-state index in [1.165, 1.54) is 11.5 Å². The maximum Gasteiger partial charge on any atom is 0.245 e. The normalized spacial score (nSPS) is 16.6. The van der Waals surface area contributed by atoms with E-state index in [0.29, 0.717) is 5.92 Å². The minimum atomic E-state index is 0.640. The molecule has 0 radical (unpaired) electrons. The van der Waals surface area contributed by atoms with Crippen molar-refractivity contribution in [3.63, 3.8) is 0 Å². The molecule has 3 heterocycles. The van der Waals surface area contributed by atoms with E-state index in [1.54, 1.807) is 0 Å². The molecular formula is C13H21N7S. The molecule has 1 saturated heterocycles. The second-order valence-corrected chi connectivity index (χ2v) is 6.20. The molecule has 1 aliphatic rings. The van der Waals surface area contributed by atoms with Crippen LogP contribution in [-0.2, 0) is 6.42 Å². The van der Waals surface area contributed by atoms with Crippen LogP contribution in [0, 0.1) is 5.92 Å². The topological polar surface area (TPSA) is 96.6 Å². The fourth-order valence-corrected chi connectivity index (χ4v) is 3.30. The van der Waals surface area contributed by atoms with E-state index in [9.17, 15) is 0 Å². The molecule has 3 N–H and O–H groups in total. The summed E-state index contributed by atoms with van der Waals surface area (Å²) >= 11 is 1.38. The van der Waals surface area contributed by atoms with Crippen molar-refractivity contribution in [3.05, 3.63) is 5.69 Å². The van der Waals surface area contributed by atoms with Gasteiger partial charge in [0.15, 0.2) is 5.82 Å². The second-order valence-electron chi connectivity index (χ2n) is 5.45. The molecule has 8 heteroatoms. The van der Waals surface area contributed by atoms with Gasteiger partial charge >= 0.3 is 0 Å². The van der Waals surface area contributed by atoms with Crippen LogP contribution in [0.2, 0.25) is 0 Å². The van der Waals surface area contributed by atoms with Crippen molar-refractivity contribution < 1.29 is 0 Å². The zero-order chi connectivity index (χ0) is 14.7. The van der Waals surface area contributed by atoms with Gasteiger partial charge in [-0.05, 0) is 43.3 Å². The monoisotopic (exact) mass is 307 g/mol. The number of hydrogen-bond acceptors (Lipinski definition) is 7. The number of rotatable bonds is 5. The summed E-state index contributed by atoms with van der Waals surface area (Å²) in [6, 6.07) is 0. The van der Waals surface area contributed by atoms with Crippen molar-refractivity contribution in [2.45, 2.75) is 32.6 Å². The zero-order valence-corrected chi connectivity index (χ0v) is 13.1. The van der Waals surface area contributed by atoms with Crippen molar-refractivity contribution in [1.29, 1.82) is 0 Å². The molecule has 114 valence electrons. The molecule has 1 aliphatic heterocycles. The molecule has 21 heavy (non-hydrogen) atoms. The number of piperidine rings is 1. The van der Waals surface area contributed by atoms with Gasteiger partial charge in [0, 0.05) is 13.1 Å².